The molecule has 1 aliphatic heterocycles. The van der Waals surface area contributed by atoms with Crippen molar-refractivity contribution in [1.29, 1.82) is 0 Å². The van der Waals surface area contributed by atoms with Gasteiger partial charge in [-0.3, -0.25) is 18.9 Å². The van der Waals surface area contributed by atoms with Gasteiger partial charge in [-0.15, -0.1) is 4.28 Å². The molecule has 36 heavy (non-hydrogen) atoms. The highest BCUT2D eigenvalue weighted by atomic mass is 35.5. The molecular weight excluding hydrogens is 546 g/mol. The van der Waals surface area contributed by atoms with Gasteiger partial charge < -0.3 is 20.9 Å². The summed E-state index contributed by atoms with van der Waals surface area (Å²) >= 11 is 6.97. The van der Waals surface area contributed by atoms with Crippen molar-refractivity contribution in [2.45, 2.75) is 38.8 Å². The lowest BCUT2D eigenvalue weighted by Gasteiger charge is -2.50. The van der Waals surface area contributed by atoms with Gasteiger partial charge in [-0.1, -0.05) is 28.1 Å². The number of amides is 1. The number of carbonyl (C=O) groups is 2. The number of aromatic nitrogens is 2. The molecule has 15 nitrogen and oxygen atoms in total. The number of aromatic hydroxyl groups is 1. The lowest BCUT2D eigenvalue weighted by atomic mass is 9.74. The van der Waals surface area contributed by atoms with E-state index in [1.165, 1.54) is 20.8 Å². The molecule has 1 aliphatic rings. The molecule has 0 aromatic carbocycles. The fraction of sp³-hybridized carbons (Fsp3) is 0.389. The van der Waals surface area contributed by atoms with Crippen LogP contribution in [0, 0.1) is 5.92 Å². The Labute approximate surface area is 212 Å². The van der Waals surface area contributed by atoms with E-state index in [0.717, 1.165) is 23.6 Å². The number of hydroxylamine groups is 2. The van der Waals surface area contributed by atoms with Crippen LogP contribution >= 0.6 is 22.9 Å². The van der Waals surface area contributed by atoms with Gasteiger partial charge in [-0.25, -0.2) is 4.98 Å². The molecule has 1 fully saturated rings. The highest BCUT2D eigenvalue weighted by Crippen LogP contribution is 2.41. The van der Waals surface area contributed by atoms with Crippen LogP contribution in [0.1, 0.15) is 44.7 Å². The van der Waals surface area contributed by atoms with E-state index in [-0.39, 0.29) is 20.9 Å². The second kappa shape index (κ2) is 9.66. The number of nitrogens with zero attached hydrogens (tertiary/aromatic N) is 4. The molecule has 196 valence electrons. The number of carbonyl (C=O) groups excluding carboxylic acids is 2. The zero-order chi connectivity index (χ0) is 27.2. The summed E-state index contributed by atoms with van der Waals surface area (Å²) in [4.78, 5) is 46.6. The second-order valence-corrected chi connectivity index (χ2v) is 10.8. The first-order valence-corrected chi connectivity index (χ1v) is 12.4. The van der Waals surface area contributed by atoms with E-state index >= 15 is 0 Å². The Hall–Kier alpha value is -3.25. The molecule has 3 heterocycles. The third kappa shape index (κ3) is 5.44. The Morgan fingerprint density at radius 3 is 2.58 bits per heavy atom. The van der Waals surface area contributed by atoms with E-state index in [1.54, 1.807) is 0 Å². The van der Waals surface area contributed by atoms with Crippen LogP contribution in [-0.2, 0) is 29.1 Å². The summed E-state index contributed by atoms with van der Waals surface area (Å²) in [7, 11) is -4.98. The highest BCUT2D eigenvalue weighted by Gasteiger charge is 2.57. The largest absolute Gasteiger partial charge is 0.503 e. The monoisotopic (exact) mass is 565 g/mol. The molecule has 0 bridgehead atoms. The van der Waals surface area contributed by atoms with Crippen LogP contribution in [0.2, 0.25) is 4.34 Å². The number of hydrogen-bond acceptors (Lipinski definition) is 13. The first-order valence-electron chi connectivity index (χ1n) is 9.88. The van der Waals surface area contributed by atoms with Gasteiger partial charge in [-0.05, 0) is 20.8 Å². The average molecular weight is 566 g/mol. The number of halogens is 1. The van der Waals surface area contributed by atoms with Gasteiger partial charge in [-0.2, -0.15) is 18.2 Å². The van der Waals surface area contributed by atoms with Gasteiger partial charge in [0.2, 0.25) is 5.43 Å². The van der Waals surface area contributed by atoms with Gasteiger partial charge in [0, 0.05) is 12.5 Å². The van der Waals surface area contributed by atoms with Crippen LogP contribution in [0.4, 0.5) is 5.13 Å². The first-order chi connectivity index (χ1) is 16.5. The Bertz CT molecular complexity index is 1420. The molecule has 2 aromatic heterocycles. The van der Waals surface area contributed by atoms with E-state index in [2.05, 4.69) is 14.4 Å². The minimum atomic E-state index is -4.98. The number of pyridine rings is 1. The molecule has 1 saturated heterocycles. The quantitative estimate of drug-likeness (QED) is 0.109. The number of nitrogen functional groups attached to an aromatic ring is 1. The molecule has 0 radical (unpaired) electrons. The molecule has 0 spiro atoms. The summed E-state index contributed by atoms with van der Waals surface area (Å²) < 4.78 is 35.6. The van der Waals surface area contributed by atoms with Gasteiger partial charge in [0.15, 0.2) is 28.5 Å². The minimum Gasteiger partial charge on any atom is -0.503 e. The molecule has 0 saturated carbocycles. The summed E-state index contributed by atoms with van der Waals surface area (Å²) in [5.74, 6) is -3.47. The molecule has 1 amide bonds. The van der Waals surface area contributed by atoms with Gasteiger partial charge >= 0.3 is 10.4 Å². The maximum Gasteiger partial charge on any atom is 0.418 e. The molecule has 2 aromatic rings. The predicted octanol–water partition coefficient (Wildman–Crippen LogP) is 0.896. The third-order valence-corrected chi connectivity index (χ3v) is 6.70. The minimum absolute atomic E-state index is 0.000872. The number of β-lactam (4-membered cyclic amide) rings is 1. The Morgan fingerprint density at radius 2 is 2.06 bits per heavy atom. The summed E-state index contributed by atoms with van der Waals surface area (Å²) in [6.07, 6.45) is -0.886. The second-order valence-electron chi connectivity index (χ2n) is 8.12. The maximum absolute atomic E-state index is 13.2. The van der Waals surface area contributed by atoms with Crippen molar-refractivity contribution < 1.29 is 42.0 Å². The fourth-order valence-electron chi connectivity index (χ4n) is 3.36. The van der Waals surface area contributed by atoms with Crippen LogP contribution in [0.15, 0.2) is 22.2 Å². The fourth-order valence-corrected chi connectivity index (χ4v) is 4.74. The third-order valence-electron chi connectivity index (χ3n) is 5.28. The van der Waals surface area contributed by atoms with Gasteiger partial charge in [0.25, 0.3) is 5.91 Å². The first kappa shape index (κ1) is 27.3. The molecule has 18 heteroatoms. The van der Waals surface area contributed by atoms with Crippen molar-refractivity contribution in [3.63, 3.8) is 0 Å². The van der Waals surface area contributed by atoms with Crippen molar-refractivity contribution in [3.05, 3.63) is 38.2 Å². The number of nitrogens with two attached hydrogens (primary N) is 1. The SMILES string of the molecule is C[C@H](O/N=C(\C(=O)C[C@@H]1C(=O)N(OS(=O)(=O)O)C1(C)C)c1nc(N)sc1Cl)c1cc(=O)c(O)cn1O. The van der Waals surface area contributed by atoms with Crippen LogP contribution in [0.25, 0.3) is 0 Å². The topological polar surface area (TPSA) is 224 Å². The lowest BCUT2D eigenvalue weighted by Crippen LogP contribution is -2.68. The summed E-state index contributed by atoms with van der Waals surface area (Å²) in [5, 5.41) is 23.6. The summed E-state index contributed by atoms with van der Waals surface area (Å²) in [6, 6.07) is 0.893. The predicted molar refractivity (Wildman–Crippen MR) is 124 cm³/mol. The van der Waals surface area contributed by atoms with Crippen LogP contribution in [0.3, 0.4) is 0 Å². The van der Waals surface area contributed by atoms with E-state index < -0.39 is 63.0 Å². The van der Waals surface area contributed by atoms with Crippen molar-refractivity contribution >= 4 is 55.9 Å². The zero-order valence-electron chi connectivity index (χ0n) is 18.8. The lowest BCUT2D eigenvalue weighted by molar-refractivity contribution is -0.228. The van der Waals surface area contributed by atoms with Crippen LogP contribution < -0.4 is 11.2 Å². The maximum atomic E-state index is 13.2. The standard InChI is InChI=1S/C18H20ClN5O10S2/c1-7(9-5-10(25)12(27)6-23(9)29)33-22-13(14-15(19)35-17(20)21-14)11(26)4-8-16(28)24(18(8,2)3)34-36(30,31)32/h5-8,27,29H,4H2,1-3H3,(H2,20,21)(H,30,31,32)/b22-13+/t7-,8+/m0/s1. The molecule has 3 rings (SSSR count). The normalized spacial score (nSPS) is 18.6. The number of hydrogen-bond donors (Lipinski definition) is 4. The summed E-state index contributed by atoms with van der Waals surface area (Å²) in [6.45, 7) is 4.20. The van der Waals surface area contributed by atoms with Gasteiger partial charge in [0.05, 0.1) is 17.7 Å². The van der Waals surface area contributed by atoms with Crippen molar-refractivity contribution in [2.75, 3.05) is 5.73 Å². The molecule has 0 unspecified atom stereocenters. The molecule has 2 atom stereocenters. The van der Waals surface area contributed by atoms with Gasteiger partial charge in [0.1, 0.15) is 15.7 Å². The van der Waals surface area contributed by atoms with Crippen molar-refractivity contribution in [2.24, 2.45) is 11.1 Å². The van der Waals surface area contributed by atoms with Crippen molar-refractivity contribution in [3.8, 4) is 5.75 Å². The zero-order valence-corrected chi connectivity index (χ0v) is 21.2. The number of thiazole rings is 1. The van der Waals surface area contributed by atoms with E-state index in [4.69, 9.17) is 26.7 Å². The molecular formula is C18H20ClN5O10S2. The Kier molecular flexibility index (Phi) is 7.34. The van der Waals surface area contributed by atoms with Crippen LogP contribution in [-0.4, -0.2) is 61.0 Å². The van der Waals surface area contributed by atoms with E-state index in [1.807, 2.05) is 0 Å². The summed E-state index contributed by atoms with van der Waals surface area (Å²) in [5.41, 5.74) is 2.83. The van der Waals surface area contributed by atoms with Crippen LogP contribution in [0.5, 0.6) is 5.75 Å². The highest BCUT2D eigenvalue weighted by molar-refractivity contribution is 7.80. The number of oxime groups is 1. The average Bonchev–Trinajstić information content (AvgIpc) is 3.09. The Balaban J connectivity index is 1.90. The number of ketones is 1. The molecule has 0 aliphatic carbocycles. The molecule has 5 N–H and O–H groups in total. The number of Topliss-reactive ketones (excluding diaryl/α,β-unsaturated/α-hetero) is 1. The number of anilines is 1. The number of rotatable bonds is 9. The van der Waals surface area contributed by atoms with Crippen molar-refractivity contribution in [1.82, 2.24) is 14.8 Å². The smallest absolute Gasteiger partial charge is 0.418 e. The Morgan fingerprint density at radius 1 is 1.42 bits per heavy atom. The van der Waals surface area contributed by atoms with E-state index in [0.29, 0.717) is 9.79 Å². The van der Waals surface area contributed by atoms with E-state index in [9.17, 15) is 33.1 Å².